The van der Waals surface area contributed by atoms with Crippen molar-refractivity contribution in [1.82, 2.24) is 0 Å². The molecule has 2 unspecified atom stereocenters. The highest BCUT2D eigenvalue weighted by Gasteiger charge is 2.33. The number of hydrogen-bond donors (Lipinski definition) is 0. The number of benzene rings is 2. The molecule has 0 saturated heterocycles. The van der Waals surface area contributed by atoms with E-state index in [9.17, 15) is 0 Å². The fourth-order valence-corrected chi connectivity index (χ4v) is 4.71. The first kappa shape index (κ1) is 19.8. The maximum atomic E-state index is 5.99. The Hall–Kier alpha value is -2.48. The molecule has 2 heteroatoms. The lowest BCUT2D eigenvalue weighted by molar-refractivity contribution is 0.308. The van der Waals surface area contributed by atoms with Crippen molar-refractivity contribution < 1.29 is 9.47 Å². The van der Waals surface area contributed by atoms with Crippen LogP contribution in [-0.4, -0.2) is 13.7 Å². The Morgan fingerprint density at radius 1 is 1.00 bits per heavy atom. The smallest absolute Gasteiger partial charge is 0.119 e. The molecule has 4 rings (SSSR count). The molecule has 29 heavy (non-hydrogen) atoms. The van der Waals surface area contributed by atoms with Gasteiger partial charge in [0, 0.05) is 5.92 Å². The topological polar surface area (TPSA) is 18.5 Å². The molecule has 2 nitrogen and oxygen atoms in total. The second-order valence-electron chi connectivity index (χ2n) is 8.14. The molecule has 2 atom stereocenters. The zero-order valence-electron chi connectivity index (χ0n) is 17.7. The molecular formula is C27H32O2. The predicted octanol–water partition coefficient (Wildman–Crippen LogP) is 6.84. The van der Waals surface area contributed by atoms with Gasteiger partial charge in [-0.3, -0.25) is 0 Å². The second kappa shape index (κ2) is 9.35. The molecule has 2 aromatic carbocycles. The minimum Gasteiger partial charge on any atom is -0.497 e. The number of fused-ring (bicyclic) bond motifs is 1. The van der Waals surface area contributed by atoms with Gasteiger partial charge in [0.15, 0.2) is 0 Å². The number of aryl methyl sites for hydroxylation is 1. The summed E-state index contributed by atoms with van der Waals surface area (Å²) in [6.45, 7) is 3.00. The first-order chi connectivity index (χ1) is 14.3. The number of ether oxygens (including phenoxy) is 2. The van der Waals surface area contributed by atoms with E-state index in [2.05, 4.69) is 67.6 Å². The summed E-state index contributed by atoms with van der Waals surface area (Å²) >= 11 is 0. The van der Waals surface area contributed by atoms with Crippen molar-refractivity contribution in [2.75, 3.05) is 13.7 Å². The van der Waals surface area contributed by atoms with Crippen LogP contribution in [0, 0.1) is 5.92 Å². The number of methoxy groups -OCH3 is 1. The molecule has 0 fully saturated rings. The van der Waals surface area contributed by atoms with Gasteiger partial charge in [0.05, 0.1) is 13.7 Å². The molecular weight excluding hydrogens is 356 g/mol. The summed E-state index contributed by atoms with van der Waals surface area (Å²) in [6, 6.07) is 15.4. The van der Waals surface area contributed by atoms with Crippen molar-refractivity contribution in [1.29, 1.82) is 0 Å². The van der Waals surface area contributed by atoms with E-state index in [-0.39, 0.29) is 0 Å². The van der Waals surface area contributed by atoms with Gasteiger partial charge in [-0.2, -0.15) is 0 Å². The summed E-state index contributed by atoms with van der Waals surface area (Å²) in [5.74, 6) is 2.83. The van der Waals surface area contributed by atoms with Crippen molar-refractivity contribution in [2.45, 2.75) is 51.4 Å². The van der Waals surface area contributed by atoms with Crippen LogP contribution in [0.25, 0.3) is 0 Å². The molecule has 0 N–H and O–H groups in total. The Morgan fingerprint density at radius 2 is 1.83 bits per heavy atom. The Morgan fingerprint density at radius 3 is 2.55 bits per heavy atom. The predicted molar refractivity (Wildman–Crippen MR) is 120 cm³/mol. The van der Waals surface area contributed by atoms with Gasteiger partial charge in [-0.05, 0) is 84.6 Å². The standard InChI is InChI=1S/C27H32O2/c1-3-4-18-29-24-15-17-26-22(19-24)12-16-25(20-8-6-5-7-9-20)27(26)21-10-13-23(28-2)14-11-21/h6,8-11,13-15,17,19,25,27H,3-5,7,12,16,18H2,1-2H3. The molecule has 0 spiro atoms. The maximum absolute atomic E-state index is 5.99. The van der Waals surface area contributed by atoms with Crippen LogP contribution in [0.4, 0.5) is 0 Å². The Kier molecular flexibility index (Phi) is 6.39. The van der Waals surface area contributed by atoms with Gasteiger partial charge in [0.2, 0.25) is 0 Å². The van der Waals surface area contributed by atoms with Crippen LogP contribution in [0.3, 0.4) is 0 Å². The van der Waals surface area contributed by atoms with Crippen LogP contribution in [0.2, 0.25) is 0 Å². The van der Waals surface area contributed by atoms with Gasteiger partial charge in [0.1, 0.15) is 11.5 Å². The van der Waals surface area contributed by atoms with Crippen molar-refractivity contribution in [3.8, 4) is 11.5 Å². The molecule has 2 aliphatic carbocycles. The molecule has 0 radical (unpaired) electrons. The monoisotopic (exact) mass is 388 g/mol. The van der Waals surface area contributed by atoms with Crippen LogP contribution in [0.1, 0.15) is 61.6 Å². The average molecular weight is 389 g/mol. The fraction of sp³-hybridized carbons (Fsp3) is 0.407. The highest BCUT2D eigenvalue weighted by atomic mass is 16.5. The first-order valence-corrected chi connectivity index (χ1v) is 11.1. The summed E-state index contributed by atoms with van der Waals surface area (Å²) in [5.41, 5.74) is 5.77. The lowest BCUT2D eigenvalue weighted by atomic mass is 9.68. The summed E-state index contributed by atoms with van der Waals surface area (Å²) in [6.07, 6.45) is 14.0. The van der Waals surface area contributed by atoms with E-state index in [0.717, 1.165) is 43.8 Å². The normalized spacial score (nSPS) is 20.7. The molecule has 0 saturated carbocycles. The van der Waals surface area contributed by atoms with E-state index >= 15 is 0 Å². The minimum atomic E-state index is 0.378. The van der Waals surface area contributed by atoms with Gasteiger partial charge in [-0.15, -0.1) is 0 Å². The van der Waals surface area contributed by atoms with Crippen LogP contribution in [0.15, 0.2) is 66.3 Å². The molecule has 0 aromatic heterocycles. The second-order valence-corrected chi connectivity index (χ2v) is 8.14. The third-order valence-electron chi connectivity index (χ3n) is 6.27. The number of unbranched alkanes of at least 4 members (excludes halogenated alkanes) is 1. The number of rotatable bonds is 7. The fourth-order valence-electron chi connectivity index (χ4n) is 4.71. The van der Waals surface area contributed by atoms with E-state index < -0.39 is 0 Å². The summed E-state index contributed by atoms with van der Waals surface area (Å²) in [5, 5.41) is 0. The van der Waals surface area contributed by atoms with Gasteiger partial charge < -0.3 is 9.47 Å². The Bertz CT molecular complexity index is 876. The number of allylic oxidation sites excluding steroid dienone is 4. The molecule has 0 bridgehead atoms. The van der Waals surface area contributed by atoms with Crippen LogP contribution in [0.5, 0.6) is 11.5 Å². The highest BCUT2D eigenvalue weighted by Crippen LogP contribution is 2.46. The van der Waals surface area contributed by atoms with E-state index in [1.54, 1.807) is 7.11 Å². The Labute approximate surface area is 175 Å². The van der Waals surface area contributed by atoms with E-state index in [4.69, 9.17) is 9.47 Å². The van der Waals surface area contributed by atoms with Crippen molar-refractivity contribution in [3.05, 3.63) is 83.0 Å². The van der Waals surface area contributed by atoms with E-state index in [1.807, 2.05) is 0 Å². The van der Waals surface area contributed by atoms with Crippen molar-refractivity contribution >= 4 is 0 Å². The summed E-state index contributed by atoms with van der Waals surface area (Å²) in [4.78, 5) is 0. The first-order valence-electron chi connectivity index (χ1n) is 11.1. The molecule has 2 aromatic rings. The summed E-state index contributed by atoms with van der Waals surface area (Å²) < 4.78 is 11.4. The lowest BCUT2D eigenvalue weighted by Gasteiger charge is -2.36. The van der Waals surface area contributed by atoms with Crippen LogP contribution >= 0.6 is 0 Å². The lowest BCUT2D eigenvalue weighted by Crippen LogP contribution is -2.23. The molecule has 152 valence electrons. The quantitative estimate of drug-likeness (QED) is 0.483. The van der Waals surface area contributed by atoms with E-state index in [1.165, 1.54) is 35.1 Å². The molecule has 0 amide bonds. The Balaban J connectivity index is 1.69. The minimum absolute atomic E-state index is 0.378. The van der Waals surface area contributed by atoms with Crippen molar-refractivity contribution in [2.24, 2.45) is 5.92 Å². The third kappa shape index (κ3) is 4.42. The van der Waals surface area contributed by atoms with Gasteiger partial charge >= 0.3 is 0 Å². The highest BCUT2D eigenvalue weighted by molar-refractivity contribution is 5.48. The maximum Gasteiger partial charge on any atom is 0.119 e. The largest absolute Gasteiger partial charge is 0.497 e. The van der Waals surface area contributed by atoms with Gasteiger partial charge in [-0.1, -0.05) is 49.8 Å². The SMILES string of the molecule is CCCCOc1ccc2c(c1)CCC(C1=CCCC=C1)C2c1ccc(OC)cc1. The van der Waals surface area contributed by atoms with Crippen molar-refractivity contribution in [3.63, 3.8) is 0 Å². The van der Waals surface area contributed by atoms with Gasteiger partial charge in [-0.25, -0.2) is 0 Å². The zero-order chi connectivity index (χ0) is 20.1. The molecule has 2 aliphatic rings. The summed E-state index contributed by atoms with van der Waals surface area (Å²) in [7, 11) is 1.73. The average Bonchev–Trinajstić information content (AvgIpc) is 2.79. The molecule has 0 aliphatic heterocycles. The van der Waals surface area contributed by atoms with Crippen LogP contribution in [-0.2, 0) is 6.42 Å². The zero-order valence-corrected chi connectivity index (χ0v) is 17.7. The van der Waals surface area contributed by atoms with E-state index in [0.29, 0.717) is 11.8 Å². The van der Waals surface area contributed by atoms with Crippen LogP contribution < -0.4 is 9.47 Å². The van der Waals surface area contributed by atoms with Gasteiger partial charge in [0.25, 0.3) is 0 Å². The third-order valence-corrected chi connectivity index (χ3v) is 6.27. The number of hydrogen-bond acceptors (Lipinski definition) is 2. The molecule has 0 heterocycles.